The van der Waals surface area contributed by atoms with Crippen molar-refractivity contribution in [2.24, 2.45) is 0 Å². The van der Waals surface area contributed by atoms with E-state index in [1.807, 2.05) is 12.4 Å². The highest BCUT2D eigenvalue weighted by Crippen LogP contribution is 2.20. The maximum absolute atomic E-state index is 5.87. The van der Waals surface area contributed by atoms with E-state index in [2.05, 4.69) is 26.2 Å². The van der Waals surface area contributed by atoms with Crippen LogP contribution in [0.1, 0.15) is 19.3 Å². The van der Waals surface area contributed by atoms with Crippen molar-refractivity contribution in [1.82, 2.24) is 15.2 Å². The molecule has 0 radical (unpaired) electrons. The van der Waals surface area contributed by atoms with E-state index >= 15 is 0 Å². The molecule has 3 rings (SSSR count). The lowest BCUT2D eigenvalue weighted by atomic mass is 10.3. The standard InChI is InChI=1S/C16H26N4O/c1-2-7-19(6-1)8-3-11-21-16-12-15(13-18-14-16)20-9-4-17-5-10-20/h12-14,17H,1-11H2. The zero-order valence-electron chi connectivity index (χ0n) is 12.8. The number of rotatable bonds is 6. The molecule has 1 N–H and O–H groups in total. The first kappa shape index (κ1) is 14.6. The molecule has 1 aromatic heterocycles. The van der Waals surface area contributed by atoms with Crippen molar-refractivity contribution in [2.45, 2.75) is 19.3 Å². The number of hydrogen-bond donors (Lipinski definition) is 1. The summed E-state index contributed by atoms with van der Waals surface area (Å²) < 4.78 is 5.87. The predicted octanol–water partition coefficient (Wildman–Crippen LogP) is 1.36. The van der Waals surface area contributed by atoms with E-state index in [1.54, 1.807) is 0 Å². The summed E-state index contributed by atoms with van der Waals surface area (Å²) in [6.07, 6.45) is 7.57. The second-order valence-electron chi connectivity index (χ2n) is 5.87. The molecule has 0 bridgehead atoms. The molecule has 0 spiro atoms. The first-order valence-corrected chi connectivity index (χ1v) is 8.18. The van der Waals surface area contributed by atoms with E-state index < -0.39 is 0 Å². The smallest absolute Gasteiger partial charge is 0.139 e. The third-order valence-electron chi connectivity index (χ3n) is 4.27. The first-order chi connectivity index (χ1) is 10.4. The van der Waals surface area contributed by atoms with Crippen molar-refractivity contribution in [3.63, 3.8) is 0 Å². The van der Waals surface area contributed by atoms with Crippen molar-refractivity contribution < 1.29 is 4.74 Å². The van der Waals surface area contributed by atoms with Gasteiger partial charge in [0.05, 0.1) is 24.7 Å². The molecule has 2 aliphatic rings. The largest absolute Gasteiger partial charge is 0.492 e. The third-order valence-corrected chi connectivity index (χ3v) is 4.27. The molecule has 0 saturated carbocycles. The van der Waals surface area contributed by atoms with E-state index in [1.165, 1.54) is 31.6 Å². The monoisotopic (exact) mass is 290 g/mol. The average Bonchev–Trinajstić information content (AvgIpc) is 3.06. The summed E-state index contributed by atoms with van der Waals surface area (Å²) in [5.74, 6) is 0.896. The molecule has 5 nitrogen and oxygen atoms in total. The Hall–Kier alpha value is -1.33. The first-order valence-electron chi connectivity index (χ1n) is 8.18. The van der Waals surface area contributed by atoms with Crippen LogP contribution in [0.4, 0.5) is 5.69 Å². The van der Waals surface area contributed by atoms with Gasteiger partial charge in [0.15, 0.2) is 0 Å². The van der Waals surface area contributed by atoms with Crippen LogP contribution in [0.2, 0.25) is 0 Å². The van der Waals surface area contributed by atoms with Gasteiger partial charge < -0.3 is 19.9 Å². The molecule has 3 heterocycles. The van der Waals surface area contributed by atoms with Gasteiger partial charge in [-0.25, -0.2) is 0 Å². The van der Waals surface area contributed by atoms with E-state index in [4.69, 9.17) is 4.74 Å². The number of ether oxygens (including phenoxy) is 1. The van der Waals surface area contributed by atoms with Crippen molar-refractivity contribution >= 4 is 5.69 Å². The average molecular weight is 290 g/mol. The Morgan fingerprint density at radius 1 is 1.10 bits per heavy atom. The summed E-state index contributed by atoms with van der Waals surface area (Å²) in [6, 6.07) is 2.12. The van der Waals surface area contributed by atoms with Crippen molar-refractivity contribution in [3.05, 3.63) is 18.5 Å². The zero-order chi connectivity index (χ0) is 14.3. The van der Waals surface area contributed by atoms with Gasteiger partial charge in [0.25, 0.3) is 0 Å². The lowest BCUT2D eigenvalue weighted by molar-refractivity contribution is 0.263. The molecule has 1 aromatic rings. The van der Waals surface area contributed by atoms with Crippen LogP contribution in [0.3, 0.4) is 0 Å². The minimum absolute atomic E-state index is 0.781. The summed E-state index contributed by atoms with van der Waals surface area (Å²) in [7, 11) is 0. The number of nitrogens with zero attached hydrogens (tertiary/aromatic N) is 3. The van der Waals surface area contributed by atoms with E-state index in [-0.39, 0.29) is 0 Å². The zero-order valence-corrected chi connectivity index (χ0v) is 12.8. The van der Waals surface area contributed by atoms with E-state index in [0.29, 0.717) is 0 Å². The summed E-state index contributed by atoms with van der Waals surface area (Å²) in [6.45, 7) is 8.64. The molecule has 0 atom stereocenters. The van der Waals surface area contributed by atoms with Gasteiger partial charge in [-0.15, -0.1) is 0 Å². The molecule has 116 valence electrons. The molecule has 2 aliphatic heterocycles. The molecule has 2 fully saturated rings. The van der Waals surface area contributed by atoms with E-state index in [9.17, 15) is 0 Å². The fourth-order valence-electron chi connectivity index (χ4n) is 3.07. The van der Waals surface area contributed by atoms with Gasteiger partial charge in [0.1, 0.15) is 5.75 Å². The Labute approximate surface area is 127 Å². The van der Waals surface area contributed by atoms with Crippen molar-refractivity contribution in [1.29, 1.82) is 0 Å². The SMILES string of the molecule is c1ncc(N2CCNCC2)cc1OCCCN1CCCC1. The second-order valence-corrected chi connectivity index (χ2v) is 5.87. The van der Waals surface area contributed by atoms with Crippen molar-refractivity contribution in [2.75, 3.05) is 57.3 Å². The molecule has 0 aliphatic carbocycles. The van der Waals surface area contributed by atoms with Gasteiger partial charge in [-0.1, -0.05) is 0 Å². The van der Waals surface area contributed by atoms with Gasteiger partial charge in [0.2, 0.25) is 0 Å². The number of aromatic nitrogens is 1. The molecule has 0 aromatic carbocycles. The molecule has 2 saturated heterocycles. The Kier molecular flexibility index (Phi) is 5.29. The predicted molar refractivity (Wildman–Crippen MR) is 85.1 cm³/mol. The van der Waals surface area contributed by atoms with Crippen LogP contribution in [0.25, 0.3) is 0 Å². The number of likely N-dealkylation sites (tertiary alicyclic amines) is 1. The maximum Gasteiger partial charge on any atom is 0.139 e. The summed E-state index contributed by atoms with van der Waals surface area (Å²) >= 11 is 0. The summed E-state index contributed by atoms with van der Waals surface area (Å²) in [4.78, 5) is 9.21. The van der Waals surface area contributed by atoms with Crippen LogP contribution in [0.15, 0.2) is 18.5 Å². The molecule has 0 amide bonds. The van der Waals surface area contributed by atoms with Gasteiger partial charge in [-0.05, 0) is 32.4 Å². The normalized spacial score (nSPS) is 19.9. The Morgan fingerprint density at radius 2 is 1.90 bits per heavy atom. The fraction of sp³-hybridized carbons (Fsp3) is 0.688. The topological polar surface area (TPSA) is 40.6 Å². The highest BCUT2D eigenvalue weighted by atomic mass is 16.5. The Bertz CT molecular complexity index is 428. The summed E-state index contributed by atoms with van der Waals surface area (Å²) in [5, 5.41) is 3.37. The van der Waals surface area contributed by atoms with Crippen LogP contribution in [0, 0.1) is 0 Å². The van der Waals surface area contributed by atoms with Gasteiger partial charge >= 0.3 is 0 Å². The van der Waals surface area contributed by atoms with Crippen LogP contribution in [-0.4, -0.2) is 62.3 Å². The number of nitrogens with one attached hydrogen (secondary N) is 1. The van der Waals surface area contributed by atoms with Crippen molar-refractivity contribution in [3.8, 4) is 5.75 Å². The second kappa shape index (κ2) is 7.61. The van der Waals surface area contributed by atoms with Crippen LogP contribution >= 0.6 is 0 Å². The Balaban J connectivity index is 1.44. The lowest BCUT2D eigenvalue weighted by Crippen LogP contribution is -2.43. The van der Waals surface area contributed by atoms with Gasteiger partial charge in [0, 0.05) is 38.8 Å². The van der Waals surface area contributed by atoms with Gasteiger partial charge in [-0.3, -0.25) is 4.98 Å². The number of hydrogen-bond acceptors (Lipinski definition) is 5. The van der Waals surface area contributed by atoms with Crippen LogP contribution in [-0.2, 0) is 0 Å². The molecule has 5 heteroatoms. The maximum atomic E-state index is 5.87. The highest BCUT2D eigenvalue weighted by molar-refractivity contribution is 5.48. The summed E-state index contributed by atoms with van der Waals surface area (Å²) in [5.41, 5.74) is 1.17. The number of piperazine rings is 1. The van der Waals surface area contributed by atoms with E-state index in [0.717, 1.165) is 51.5 Å². The molecule has 0 unspecified atom stereocenters. The molecular weight excluding hydrogens is 264 g/mol. The van der Waals surface area contributed by atoms with Crippen LogP contribution < -0.4 is 15.0 Å². The molecular formula is C16H26N4O. The van der Waals surface area contributed by atoms with Crippen LogP contribution in [0.5, 0.6) is 5.75 Å². The minimum Gasteiger partial charge on any atom is -0.492 e. The quantitative estimate of drug-likeness (QED) is 0.801. The Morgan fingerprint density at radius 3 is 2.71 bits per heavy atom. The van der Waals surface area contributed by atoms with Gasteiger partial charge in [-0.2, -0.15) is 0 Å². The highest BCUT2D eigenvalue weighted by Gasteiger charge is 2.12. The number of pyridine rings is 1. The fourth-order valence-corrected chi connectivity index (χ4v) is 3.07. The minimum atomic E-state index is 0.781. The number of anilines is 1. The lowest BCUT2D eigenvalue weighted by Gasteiger charge is -2.29. The molecule has 21 heavy (non-hydrogen) atoms. The third kappa shape index (κ3) is 4.32.